The van der Waals surface area contributed by atoms with Crippen LogP contribution in [-0.2, 0) is 0 Å². The highest BCUT2D eigenvalue weighted by Gasteiger charge is 2.20. The number of anilines is 1. The van der Waals surface area contributed by atoms with Crippen molar-refractivity contribution in [3.63, 3.8) is 0 Å². The lowest BCUT2D eigenvalue weighted by Gasteiger charge is -2.29. The molecule has 0 aromatic heterocycles. The van der Waals surface area contributed by atoms with Gasteiger partial charge in [0.05, 0.1) is 11.7 Å². The summed E-state index contributed by atoms with van der Waals surface area (Å²) in [6.07, 6.45) is 0. The van der Waals surface area contributed by atoms with Gasteiger partial charge in [-0.3, -0.25) is 0 Å². The first-order chi connectivity index (χ1) is 12.1. The molecule has 0 heterocycles. The number of aromatic hydroxyl groups is 1. The van der Waals surface area contributed by atoms with Crippen molar-refractivity contribution in [2.24, 2.45) is 0 Å². The van der Waals surface area contributed by atoms with Crippen LogP contribution < -0.4 is 5.32 Å². The van der Waals surface area contributed by atoms with E-state index in [4.69, 9.17) is 0 Å². The highest BCUT2D eigenvalue weighted by Crippen LogP contribution is 2.26. The molecule has 1 unspecified atom stereocenters. The number of nitrogens with zero attached hydrogens (tertiary/aromatic N) is 1. The minimum Gasteiger partial charge on any atom is -0.508 e. The Morgan fingerprint density at radius 1 is 1.08 bits per heavy atom. The number of carbonyl (C=O) groups excluding carboxylic acids is 1. The van der Waals surface area contributed by atoms with Crippen LogP contribution in [0.2, 0.25) is 0 Å². The summed E-state index contributed by atoms with van der Waals surface area (Å²) in [7, 11) is 0. The fourth-order valence-corrected chi connectivity index (χ4v) is 3.08. The maximum atomic E-state index is 12.8. The summed E-state index contributed by atoms with van der Waals surface area (Å²) < 4.78 is 0. The standard InChI is InChI=1S/C21H22N2O2/c1-3-23(15(2)17-10-6-11-18(24)14-17)21(25)22-20-13-7-9-16-8-4-5-12-19(16)20/h4-15,24H,3H2,1-2H3,(H,22,25). The van der Waals surface area contributed by atoms with Gasteiger partial charge in [0.1, 0.15) is 5.75 Å². The molecule has 25 heavy (non-hydrogen) atoms. The van der Waals surface area contributed by atoms with E-state index >= 15 is 0 Å². The van der Waals surface area contributed by atoms with Crippen molar-refractivity contribution in [3.05, 3.63) is 72.3 Å². The van der Waals surface area contributed by atoms with E-state index in [0.29, 0.717) is 6.54 Å². The number of phenolic OH excluding ortho intramolecular Hbond substituents is 1. The first-order valence-corrected chi connectivity index (χ1v) is 8.44. The second-order valence-electron chi connectivity index (χ2n) is 6.01. The normalized spacial score (nSPS) is 11.9. The first-order valence-electron chi connectivity index (χ1n) is 8.44. The van der Waals surface area contributed by atoms with Gasteiger partial charge in [-0.2, -0.15) is 0 Å². The number of benzene rings is 3. The number of urea groups is 1. The Hall–Kier alpha value is -3.01. The van der Waals surface area contributed by atoms with E-state index in [1.165, 1.54) is 0 Å². The van der Waals surface area contributed by atoms with Crippen LogP contribution in [0, 0.1) is 0 Å². The Balaban J connectivity index is 1.85. The van der Waals surface area contributed by atoms with Crippen LogP contribution in [0.1, 0.15) is 25.5 Å². The van der Waals surface area contributed by atoms with Gasteiger partial charge in [-0.05, 0) is 43.0 Å². The Morgan fingerprint density at radius 3 is 2.56 bits per heavy atom. The Bertz CT molecular complexity index is 886. The zero-order valence-electron chi connectivity index (χ0n) is 14.4. The molecule has 0 aliphatic carbocycles. The Kier molecular flexibility index (Phi) is 4.89. The third-order valence-electron chi connectivity index (χ3n) is 4.45. The smallest absolute Gasteiger partial charge is 0.322 e. The Morgan fingerprint density at radius 2 is 1.80 bits per heavy atom. The highest BCUT2D eigenvalue weighted by molar-refractivity contribution is 6.01. The van der Waals surface area contributed by atoms with Crippen LogP contribution in [0.4, 0.5) is 10.5 Å². The van der Waals surface area contributed by atoms with Crippen molar-refractivity contribution in [2.75, 3.05) is 11.9 Å². The van der Waals surface area contributed by atoms with Gasteiger partial charge in [-0.1, -0.05) is 48.5 Å². The van der Waals surface area contributed by atoms with Crippen molar-refractivity contribution in [1.82, 2.24) is 4.90 Å². The molecule has 2 N–H and O–H groups in total. The molecule has 2 amide bonds. The lowest BCUT2D eigenvalue weighted by atomic mass is 10.1. The van der Waals surface area contributed by atoms with Gasteiger partial charge in [0, 0.05) is 11.9 Å². The average molecular weight is 334 g/mol. The van der Waals surface area contributed by atoms with Crippen LogP contribution in [0.5, 0.6) is 5.75 Å². The van der Waals surface area contributed by atoms with Gasteiger partial charge >= 0.3 is 6.03 Å². The van der Waals surface area contributed by atoms with Gasteiger partial charge in [-0.25, -0.2) is 4.79 Å². The molecule has 3 rings (SSSR count). The van der Waals surface area contributed by atoms with Crippen LogP contribution >= 0.6 is 0 Å². The van der Waals surface area contributed by atoms with E-state index in [-0.39, 0.29) is 17.8 Å². The highest BCUT2D eigenvalue weighted by atomic mass is 16.3. The summed E-state index contributed by atoms with van der Waals surface area (Å²) in [5, 5.41) is 14.8. The lowest BCUT2D eigenvalue weighted by molar-refractivity contribution is 0.197. The van der Waals surface area contributed by atoms with Crippen molar-refractivity contribution in [1.29, 1.82) is 0 Å². The number of hydrogen-bond acceptors (Lipinski definition) is 2. The predicted molar refractivity (Wildman–Crippen MR) is 102 cm³/mol. The van der Waals surface area contributed by atoms with Gasteiger partial charge in [0.25, 0.3) is 0 Å². The maximum Gasteiger partial charge on any atom is 0.322 e. The molecular weight excluding hydrogens is 312 g/mol. The van der Waals surface area contributed by atoms with Crippen LogP contribution in [0.25, 0.3) is 10.8 Å². The predicted octanol–water partition coefficient (Wildman–Crippen LogP) is 5.16. The second kappa shape index (κ2) is 7.26. The van der Waals surface area contributed by atoms with E-state index in [9.17, 15) is 9.90 Å². The zero-order chi connectivity index (χ0) is 17.8. The second-order valence-corrected chi connectivity index (χ2v) is 6.01. The number of hydrogen-bond donors (Lipinski definition) is 2. The largest absolute Gasteiger partial charge is 0.508 e. The molecule has 0 aliphatic rings. The number of amides is 2. The summed E-state index contributed by atoms with van der Waals surface area (Å²) in [4.78, 5) is 14.6. The fourth-order valence-electron chi connectivity index (χ4n) is 3.08. The molecule has 0 bridgehead atoms. The summed E-state index contributed by atoms with van der Waals surface area (Å²) in [6.45, 7) is 4.47. The van der Waals surface area contributed by atoms with Gasteiger partial charge in [0.15, 0.2) is 0 Å². The monoisotopic (exact) mass is 334 g/mol. The minimum atomic E-state index is -0.158. The van der Waals surface area contributed by atoms with Gasteiger partial charge < -0.3 is 15.3 Å². The van der Waals surface area contributed by atoms with E-state index in [2.05, 4.69) is 5.32 Å². The number of phenols is 1. The van der Waals surface area contributed by atoms with Crippen molar-refractivity contribution in [2.45, 2.75) is 19.9 Å². The molecular formula is C21H22N2O2. The van der Waals surface area contributed by atoms with Crippen molar-refractivity contribution >= 4 is 22.5 Å². The third-order valence-corrected chi connectivity index (χ3v) is 4.45. The quantitative estimate of drug-likeness (QED) is 0.692. The number of rotatable bonds is 4. The molecule has 1 atom stereocenters. The number of carbonyl (C=O) groups is 1. The average Bonchev–Trinajstić information content (AvgIpc) is 2.62. The molecule has 128 valence electrons. The molecule has 0 saturated heterocycles. The third kappa shape index (κ3) is 3.58. The van der Waals surface area contributed by atoms with E-state index in [0.717, 1.165) is 22.0 Å². The summed E-state index contributed by atoms with van der Waals surface area (Å²) >= 11 is 0. The molecule has 4 heteroatoms. The molecule has 0 saturated carbocycles. The number of nitrogens with one attached hydrogen (secondary N) is 1. The lowest BCUT2D eigenvalue weighted by Crippen LogP contribution is -2.36. The van der Waals surface area contributed by atoms with Crippen molar-refractivity contribution < 1.29 is 9.90 Å². The fraction of sp³-hybridized carbons (Fsp3) is 0.190. The molecule has 4 nitrogen and oxygen atoms in total. The minimum absolute atomic E-state index is 0.146. The Labute approximate surface area is 147 Å². The number of fused-ring (bicyclic) bond motifs is 1. The topological polar surface area (TPSA) is 52.6 Å². The molecule has 0 aliphatic heterocycles. The summed E-state index contributed by atoms with van der Waals surface area (Å²) in [5.41, 5.74) is 1.69. The molecule has 0 fully saturated rings. The molecule has 0 spiro atoms. The van der Waals surface area contributed by atoms with E-state index in [1.807, 2.05) is 62.4 Å². The molecule has 3 aromatic rings. The maximum absolute atomic E-state index is 12.8. The van der Waals surface area contributed by atoms with Gasteiger partial charge in [-0.15, -0.1) is 0 Å². The van der Waals surface area contributed by atoms with Crippen LogP contribution in [0.3, 0.4) is 0 Å². The summed E-state index contributed by atoms with van der Waals surface area (Å²) in [6, 6.07) is 20.6. The first kappa shape index (κ1) is 16.8. The van der Waals surface area contributed by atoms with Crippen LogP contribution in [-0.4, -0.2) is 22.6 Å². The van der Waals surface area contributed by atoms with E-state index < -0.39 is 0 Å². The molecule has 3 aromatic carbocycles. The van der Waals surface area contributed by atoms with Crippen LogP contribution in [0.15, 0.2) is 66.7 Å². The van der Waals surface area contributed by atoms with E-state index in [1.54, 1.807) is 23.1 Å². The van der Waals surface area contributed by atoms with Crippen molar-refractivity contribution in [3.8, 4) is 5.75 Å². The zero-order valence-corrected chi connectivity index (χ0v) is 14.4. The summed E-state index contributed by atoms with van der Waals surface area (Å²) in [5.74, 6) is 0.204. The molecule has 0 radical (unpaired) electrons. The SMILES string of the molecule is CCN(C(=O)Nc1cccc2ccccc12)C(C)c1cccc(O)c1. The van der Waals surface area contributed by atoms with Gasteiger partial charge in [0.2, 0.25) is 0 Å².